The first-order valence-corrected chi connectivity index (χ1v) is 7.13. The third-order valence-corrected chi connectivity index (χ3v) is 3.93. The van der Waals surface area contributed by atoms with Crippen LogP contribution >= 0.6 is 0 Å². The number of benzene rings is 1. The number of para-hydroxylation sites is 1. The molecule has 2 rings (SSSR count). The molecule has 0 amide bonds. The molecule has 0 spiro atoms. The first kappa shape index (κ1) is 15.3. The summed E-state index contributed by atoms with van der Waals surface area (Å²) in [6.45, 7) is 5.38. The second-order valence-corrected chi connectivity index (χ2v) is 5.74. The zero-order valence-electron chi connectivity index (χ0n) is 12.8. The number of methoxy groups -OCH3 is 1. The molecule has 1 aliphatic heterocycles. The summed E-state index contributed by atoms with van der Waals surface area (Å²) in [6.07, 6.45) is 0.889. The second-order valence-electron chi connectivity index (χ2n) is 5.74. The van der Waals surface area contributed by atoms with E-state index in [0.29, 0.717) is 13.2 Å². The van der Waals surface area contributed by atoms with E-state index in [9.17, 15) is 0 Å². The van der Waals surface area contributed by atoms with Crippen molar-refractivity contribution in [3.63, 3.8) is 0 Å². The Labute approximate surface area is 121 Å². The SMILES string of the molecule is CNC1c2ccccc2OCC1OCCC(C)(C)OC. The molecule has 1 aromatic carbocycles. The molecule has 4 nitrogen and oxygen atoms in total. The molecular weight excluding hydrogens is 254 g/mol. The Balaban J connectivity index is 1.96. The van der Waals surface area contributed by atoms with Crippen molar-refractivity contribution < 1.29 is 14.2 Å². The van der Waals surface area contributed by atoms with E-state index in [4.69, 9.17) is 14.2 Å². The lowest BCUT2D eigenvalue weighted by molar-refractivity contribution is -0.0514. The average molecular weight is 279 g/mol. The van der Waals surface area contributed by atoms with Crippen molar-refractivity contribution >= 4 is 0 Å². The fourth-order valence-electron chi connectivity index (χ4n) is 2.38. The number of rotatable bonds is 6. The zero-order valence-corrected chi connectivity index (χ0v) is 12.8. The van der Waals surface area contributed by atoms with Crippen molar-refractivity contribution in [3.8, 4) is 5.75 Å². The maximum Gasteiger partial charge on any atom is 0.124 e. The molecule has 0 fully saturated rings. The first-order valence-electron chi connectivity index (χ1n) is 7.13. The molecule has 0 aliphatic carbocycles. The Morgan fingerprint density at radius 3 is 2.80 bits per heavy atom. The molecule has 2 unspecified atom stereocenters. The van der Waals surface area contributed by atoms with Crippen LogP contribution < -0.4 is 10.1 Å². The summed E-state index contributed by atoms with van der Waals surface area (Å²) in [6, 6.07) is 8.29. The highest BCUT2D eigenvalue weighted by molar-refractivity contribution is 5.38. The van der Waals surface area contributed by atoms with Crippen LogP contribution in [0.3, 0.4) is 0 Å². The van der Waals surface area contributed by atoms with Gasteiger partial charge in [-0.2, -0.15) is 0 Å². The van der Waals surface area contributed by atoms with Gasteiger partial charge in [0.1, 0.15) is 18.5 Å². The van der Waals surface area contributed by atoms with E-state index in [1.54, 1.807) is 7.11 Å². The number of likely N-dealkylation sites (N-methyl/N-ethyl adjacent to an activating group) is 1. The van der Waals surface area contributed by atoms with Crippen LogP contribution in [-0.2, 0) is 9.47 Å². The Morgan fingerprint density at radius 1 is 1.35 bits per heavy atom. The molecule has 1 aromatic rings. The fraction of sp³-hybridized carbons (Fsp3) is 0.625. The molecule has 0 aromatic heterocycles. The number of hydrogen-bond acceptors (Lipinski definition) is 4. The molecule has 0 bridgehead atoms. The second kappa shape index (κ2) is 6.57. The van der Waals surface area contributed by atoms with E-state index in [-0.39, 0.29) is 17.7 Å². The van der Waals surface area contributed by atoms with Gasteiger partial charge in [0.05, 0.1) is 11.6 Å². The summed E-state index contributed by atoms with van der Waals surface area (Å²) in [5.41, 5.74) is 1.01. The quantitative estimate of drug-likeness (QED) is 0.868. The molecule has 4 heteroatoms. The highest BCUT2D eigenvalue weighted by Crippen LogP contribution is 2.33. The molecule has 1 aliphatic rings. The van der Waals surface area contributed by atoms with Crippen molar-refractivity contribution in [2.45, 2.75) is 38.0 Å². The van der Waals surface area contributed by atoms with E-state index in [1.807, 2.05) is 25.2 Å². The van der Waals surface area contributed by atoms with Crippen LogP contribution in [0.15, 0.2) is 24.3 Å². The minimum absolute atomic E-state index is 0.0301. The first-order chi connectivity index (χ1) is 9.57. The van der Waals surface area contributed by atoms with Gasteiger partial charge in [0.2, 0.25) is 0 Å². The van der Waals surface area contributed by atoms with Crippen LogP contribution in [0.5, 0.6) is 5.75 Å². The standard InChI is InChI=1S/C16H25NO3/c1-16(2,18-4)9-10-19-14-11-20-13-8-6-5-7-12(13)15(14)17-3/h5-8,14-15,17H,9-11H2,1-4H3. The molecule has 0 radical (unpaired) electrons. The fourth-order valence-corrected chi connectivity index (χ4v) is 2.38. The summed E-state index contributed by atoms with van der Waals surface area (Å²) >= 11 is 0. The minimum atomic E-state index is -0.150. The maximum atomic E-state index is 6.01. The predicted molar refractivity (Wildman–Crippen MR) is 79.2 cm³/mol. The van der Waals surface area contributed by atoms with Gasteiger partial charge < -0.3 is 19.5 Å². The van der Waals surface area contributed by atoms with Crippen LogP contribution in [-0.4, -0.2) is 39.1 Å². The molecule has 1 heterocycles. The van der Waals surface area contributed by atoms with Gasteiger partial charge in [0.15, 0.2) is 0 Å². The van der Waals surface area contributed by atoms with Crippen LogP contribution in [0.2, 0.25) is 0 Å². The number of hydrogen-bond donors (Lipinski definition) is 1. The zero-order chi connectivity index (χ0) is 14.6. The highest BCUT2D eigenvalue weighted by Gasteiger charge is 2.30. The maximum absolute atomic E-state index is 6.01. The Bertz CT molecular complexity index is 433. The topological polar surface area (TPSA) is 39.7 Å². The molecule has 20 heavy (non-hydrogen) atoms. The number of fused-ring (bicyclic) bond motifs is 1. The van der Waals surface area contributed by atoms with Crippen LogP contribution in [0, 0.1) is 0 Å². The Morgan fingerprint density at radius 2 is 2.10 bits per heavy atom. The van der Waals surface area contributed by atoms with E-state index >= 15 is 0 Å². The highest BCUT2D eigenvalue weighted by atomic mass is 16.5. The molecule has 112 valence electrons. The normalized spacial score (nSPS) is 22.2. The van der Waals surface area contributed by atoms with Crippen LogP contribution in [0.1, 0.15) is 31.9 Å². The lowest BCUT2D eigenvalue weighted by atomic mass is 9.98. The molecule has 1 N–H and O–H groups in total. The smallest absolute Gasteiger partial charge is 0.124 e. The predicted octanol–water partition coefficient (Wildman–Crippen LogP) is 2.54. The van der Waals surface area contributed by atoms with E-state index in [2.05, 4.69) is 25.2 Å². The van der Waals surface area contributed by atoms with E-state index in [0.717, 1.165) is 17.7 Å². The molecule has 2 atom stereocenters. The summed E-state index contributed by atoms with van der Waals surface area (Å²) < 4.78 is 17.2. The van der Waals surface area contributed by atoms with Gasteiger partial charge in [-0.3, -0.25) is 0 Å². The van der Waals surface area contributed by atoms with Crippen LogP contribution in [0.4, 0.5) is 0 Å². The molecular formula is C16H25NO3. The Hall–Kier alpha value is -1.10. The van der Waals surface area contributed by atoms with E-state index < -0.39 is 0 Å². The average Bonchev–Trinajstić information content (AvgIpc) is 2.46. The van der Waals surface area contributed by atoms with Gasteiger partial charge in [0.25, 0.3) is 0 Å². The lowest BCUT2D eigenvalue weighted by Gasteiger charge is -2.34. The van der Waals surface area contributed by atoms with Gasteiger partial charge in [-0.05, 0) is 33.4 Å². The largest absolute Gasteiger partial charge is 0.490 e. The van der Waals surface area contributed by atoms with Crippen molar-refractivity contribution in [3.05, 3.63) is 29.8 Å². The third-order valence-electron chi connectivity index (χ3n) is 3.93. The van der Waals surface area contributed by atoms with Crippen molar-refractivity contribution in [2.24, 2.45) is 0 Å². The van der Waals surface area contributed by atoms with Crippen molar-refractivity contribution in [2.75, 3.05) is 27.4 Å². The van der Waals surface area contributed by atoms with Crippen molar-refractivity contribution in [1.29, 1.82) is 0 Å². The van der Waals surface area contributed by atoms with Gasteiger partial charge in [0, 0.05) is 19.3 Å². The van der Waals surface area contributed by atoms with E-state index in [1.165, 1.54) is 0 Å². The van der Waals surface area contributed by atoms with Gasteiger partial charge >= 0.3 is 0 Å². The molecule has 0 saturated heterocycles. The number of nitrogens with one attached hydrogen (secondary N) is 1. The summed E-state index contributed by atoms with van der Waals surface area (Å²) in [5, 5.41) is 3.34. The van der Waals surface area contributed by atoms with Gasteiger partial charge in [-0.15, -0.1) is 0 Å². The summed E-state index contributed by atoms with van der Waals surface area (Å²) in [7, 11) is 3.69. The summed E-state index contributed by atoms with van der Waals surface area (Å²) in [5.74, 6) is 0.948. The summed E-state index contributed by atoms with van der Waals surface area (Å²) in [4.78, 5) is 0. The van der Waals surface area contributed by atoms with Gasteiger partial charge in [-0.1, -0.05) is 18.2 Å². The van der Waals surface area contributed by atoms with Gasteiger partial charge in [-0.25, -0.2) is 0 Å². The minimum Gasteiger partial charge on any atom is -0.490 e. The Kier molecular flexibility index (Phi) is 5.02. The van der Waals surface area contributed by atoms with Crippen LogP contribution in [0.25, 0.3) is 0 Å². The molecule has 0 saturated carbocycles. The van der Waals surface area contributed by atoms with Crippen molar-refractivity contribution in [1.82, 2.24) is 5.32 Å². The monoisotopic (exact) mass is 279 g/mol. The number of ether oxygens (including phenoxy) is 3. The third kappa shape index (κ3) is 3.51. The lowest BCUT2D eigenvalue weighted by Crippen LogP contribution is -2.40.